The number of carbonyl (C=O) groups excluding carboxylic acids is 1. The van der Waals surface area contributed by atoms with Crippen LogP contribution in [0.5, 0.6) is 5.75 Å². The number of piperidine rings is 1. The van der Waals surface area contributed by atoms with Crippen LogP contribution in [0, 0.1) is 0 Å². The summed E-state index contributed by atoms with van der Waals surface area (Å²) >= 11 is 5.94. The molecule has 1 aliphatic heterocycles. The van der Waals surface area contributed by atoms with Crippen molar-refractivity contribution in [3.63, 3.8) is 0 Å². The average molecular weight is 451 g/mol. The molecule has 1 saturated heterocycles. The van der Waals surface area contributed by atoms with Crippen molar-refractivity contribution in [1.82, 2.24) is 15.2 Å². The molecular formula is C25H27ClN4O2. The van der Waals surface area contributed by atoms with E-state index in [0.29, 0.717) is 10.7 Å². The van der Waals surface area contributed by atoms with Gasteiger partial charge in [-0.3, -0.25) is 9.88 Å². The van der Waals surface area contributed by atoms with Crippen molar-refractivity contribution in [3.05, 3.63) is 89.2 Å². The van der Waals surface area contributed by atoms with Crippen molar-refractivity contribution in [3.8, 4) is 5.75 Å². The number of nitrogens with zero attached hydrogens (tertiary/aromatic N) is 2. The number of hydrogen-bond donors (Lipinski definition) is 2. The minimum Gasteiger partial charge on any atom is -0.497 e. The Morgan fingerprint density at radius 1 is 1.16 bits per heavy atom. The third kappa shape index (κ3) is 5.78. The van der Waals surface area contributed by atoms with E-state index in [1.54, 1.807) is 37.6 Å². The number of pyridine rings is 1. The van der Waals surface area contributed by atoms with Gasteiger partial charge in [0.15, 0.2) is 0 Å². The molecular weight excluding hydrogens is 424 g/mol. The molecule has 4 rings (SSSR count). The number of nitrogens with one attached hydrogen (secondary N) is 2. The van der Waals surface area contributed by atoms with Crippen LogP contribution in [0.2, 0.25) is 5.02 Å². The molecule has 7 heteroatoms. The molecule has 1 aliphatic rings. The van der Waals surface area contributed by atoms with Gasteiger partial charge in [0.05, 0.1) is 7.11 Å². The van der Waals surface area contributed by atoms with Gasteiger partial charge in [0, 0.05) is 54.7 Å². The van der Waals surface area contributed by atoms with Gasteiger partial charge in [-0.05, 0) is 60.0 Å². The molecule has 2 amide bonds. The number of ether oxygens (including phenoxy) is 1. The van der Waals surface area contributed by atoms with Gasteiger partial charge in [-0.15, -0.1) is 0 Å². The van der Waals surface area contributed by atoms with Crippen molar-refractivity contribution in [2.45, 2.75) is 24.9 Å². The van der Waals surface area contributed by atoms with Crippen LogP contribution in [0.4, 0.5) is 10.5 Å². The third-order valence-electron chi connectivity index (χ3n) is 5.79. The number of methoxy groups -OCH3 is 1. The van der Waals surface area contributed by atoms with E-state index in [2.05, 4.69) is 38.7 Å². The minimum absolute atomic E-state index is 0.0147. The van der Waals surface area contributed by atoms with Gasteiger partial charge in [0.2, 0.25) is 0 Å². The Morgan fingerprint density at radius 2 is 1.94 bits per heavy atom. The third-order valence-corrected chi connectivity index (χ3v) is 6.04. The molecule has 2 atom stereocenters. The maximum atomic E-state index is 12.7. The highest BCUT2D eigenvalue weighted by Crippen LogP contribution is 2.30. The SMILES string of the molecule is COc1ccc(C2CN(Cc3cccnc3)CC[C@H]2NC(=O)Nc2ccc(Cl)cc2)cc1. The molecule has 1 fully saturated rings. The minimum atomic E-state index is -0.212. The first-order chi connectivity index (χ1) is 15.6. The predicted molar refractivity (Wildman–Crippen MR) is 127 cm³/mol. The fourth-order valence-electron chi connectivity index (χ4n) is 4.14. The smallest absolute Gasteiger partial charge is 0.319 e. The number of carbonyl (C=O) groups is 1. The van der Waals surface area contributed by atoms with E-state index in [0.717, 1.165) is 31.8 Å². The van der Waals surface area contributed by atoms with E-state index < -0.39 is 0 Å². The summed E-state index contributed by atoms with van der Waals surface area (Å²) in [7, 11) is 1.66. The molecule has 0 spiro atoms. The number of aromatic nitrogens is 1. The number of anilines is 1. The van der Waals surface area contributed by atoms with Crippen LogP contribution in [0.1, 0.15) is 23.5 Å². The topological polar surface area (TPSA) is 66.5 Å². The number of urea groups is 1. The van der Waals surface area contributed by atoms with Crippen molar-refractivity contribution in [1.29, 1.82) is 0 Å². The Kier molecular flexibility index (Phi) is 7.24. The van der Waals surface area contributed by atoms with Gasteiger partial charge >= 0.3 is 6.03 Å². The standard InChI is InChI=1S/C25H27ClN4O2/c1-32-22-10-4-19(5-11-22)23-17-30(16-18-3-2-13-27-15-18)14-12-24(23)29-25(31)28-21-8-6-20(26)7-9-21/h2-11,13,15,23-24H,12,14,16-17H2,1H3,(H2,28,29,31)/t23?,24-/m1/s1. The number of hydrogen-bond acceptors (Lipinski definition) is 4. The normalized spacial score (nSPS) is 18.7. The predicted octanol–water partition coefficient (Wildman–Crippen LogP) is 4.92. The maximum absolute atomic E-state index is 12.7. The van der Waals surface area contributed by atoms with Gasteiger partial charge in [-0.1, -0.05) is 29.8 Å². The summed E-state index contributed by atoms with van der Waals surface area (Å²) in [5.74, 6) is 0.976. The van der Waals surface area contributed by atoms with Crippen LogP contribution < -0.4 is 15.4 Å². The quantitative estimate of drug-likeness (QED) is 0.559. The monoisotopic (exact) mass is 450 g/mol. The summed E-state index contributed by atoms with van der Waals surface area (Å²) in [4.78, 5) is 19.4. The summed E-state index contributed by atoms with van der Waals surface area (Å²) in [6, 6.07) is 19.1. The first-order valence-corrected chi connectivity index (χ1v) is 11.1. The highest BCUT2D eigenvalue weighted by atomic mass is 35.5. The largest absolute Gasteiger partial charge is 0.497 e. The Bertz CT molecular complexity index is 1010. The number of halogens is 1. The number of rotatable bonds is 6. The fraction of sp³-hybridized carbons (Fsp3) is 0.280. The van der Waals surface area contributed by atoms with Crippen molar-refractivity contribution < 1.29 is 9.53 Å². The molecule has 0 aliphatic carbocycles. The van der Waals surface area contributed by atoms with E-state index in [1.807, 2.05) is 24.4 Å². The fourth-order valence-corrected chi connectivity index (χ4v) is 4.27. The molecule has 1 aromatic heterocycles. The van der Waals surface area contributed by atoms with Crippen molar-refractivity contribution in [2.24, 2.45) is 0 Å². The second-order valence-electron chi connectivity index (χ2n) is 7.98. The second kappa shape index (κ2) is 10.5. The first kappa shape index (κ1) is 22.1. The van der Waals surface area contributed by atoms with E-state index in [-0.39, 0.29) is 18.0 Å². The Hall–Kier alpha value is -3.09. The lowest BCUT2D eigenvalue weighted by molar-refractivity contribution is 0.168. The molecule has 3 aromatic rings. The Labute approximate surface area is 193 Å². The van der Waals surface area contributed by atoms with Gasteiger partial charge in [-0.25, -0.2) is 4.79 Å². The van der Waals surface area contributed by atoms with Crippen LogP contribution in [0.3, 0.4) is 0 Å². The Balaban J connectivity index is 1.47. The molecule has 0 radical (unpaired) electrons. The van der Waals surface area contributed by atoms with Crippen LogP contribution >= 0.6 is 11.6 Å². The molecule has 32 heavy (non-hydrogen) atoms. The van der Waals surface area contributed by atoms with Crippen LogP contribution in [0.15, 0.2) is 73.1 Å². The molecule has 1 unspecified atom stereocenters. The van der Waals surface area contributed by atoms with E-state index in [1.165, 1.54) is 11.1 Å². The summed E-state index contributed by atoms with van der Waals surface area (Å²) in [5, 5.41) is 6.73. The summed E-state index contributed by atoms with van der Waals surface area (Å²) < 4.78 is 5.32. The lowest BCUT2D eigenvalue weighted by atomic mass is 9.85. The highest BCUT2D eigenvalue weighted by molar-refractivity contribution is 6.30. The van der Waals surface area contributed by atoms with Crippen molar-refractivity contribution >= 4 is 23.3 Å². The van der Waals surface area contributed by atoms with Gasteiger partial charge in [0.25, 0.3) is 0 Å². The molecule has 2 heterocycles. The zero-order chi connectivity index (χ0) is 22.3. The molecule has 6 nitrogen and oxygen atoms in total. The molecule has 2 N–H and O–H groups in total. The van der Waals surface area contributed by atoms with Crippen LogP contribution in [-0.2, 0) is 6.54 Å². The number of benzene rings is 2. The summed E-state index contributed by atoms with van der Waals surface area (Å²) in [6.45, 7) is 2.57. The molecule has 0 bridgehead atoms. The lowest BCUT2D eigenvalue weighted by Gasteiger charge is -2.39. The summed E-state index contributed by atoms with van der Waals surface area (Å²) in [5.41, 5.74) is 3.08. The molecule has 0 saturated carbocycles. The number of likely N-dealkylation sites (tertiary alicyclic amines) is 1. The molecule has 2 aromatic carbocycles. The van der Waals surface area contributed by atoms with Gasteiger partial charge in [-0.2, -0.15) is 0 Å². The molecule has 166 valence electrons. The van der Waals surface area contributed by atoms with Gasteiger partial charge < -0.3 is 15.4 Å². The second-order valence-corrected chi connectivity index (χ2v) is 8.41. The zero-order valence-electron chi connectivity index (χ0n) is 18.0. The average Bonchev–Trinajstić information content (AvgIpc) is 2.82. The van der Waals surface area contributed by atoms with E-state index in [4.69, 9.17) is 16.3 Å². The van der Waals surface area contributed by atoms with Gasteiger partial charge in [0.1, 0.15) is 5.75 Å². The van der Waals surface area contributed by atoms with Crippen LogP contribution in [0.25, 0.3) is 0 Å². The van der Waals surface area contributed by atoms with Crippen molar-refractivity contribution in [2.75, 3.05) is 25.5 Å². The number of amides is 2. The maximum Gasteiger partial charge on any atom is 0.319 e. The van der Waals surface area contributed by atoms with E-state index >= 15 is 0 Å². The Morgan fingerprint density at radius 3 is 2.62 bits per heavy atom. The summed E-state index contributed by atoms with van der Waals surface area (Å²) in [6.07, 6.45) is 4.55. The van der Waals surface area contributed by atoms with Crippen LogP contribution in [-0.4, -0.2) is 42.2 Å². The zero-order valence-corrected chi connectivity index (χ0v) is 18.8. The highest BCUT2D eigenvalue weighted by Gasteiger charge is 2.31. The van der Waals surface area contributed by atoms with E-state index in [9.17, 15) is 4.79 Å². The first-order valence-electron chi connectivity index (χ1n) is 10.7. The lowest BCUT2D eigenvalue weighted by Crippen LogP contribution is -2.50.